The highest BCUT2D eigenvalue weighted by molar-refractivity contribution is 5.18. The van der Waals surface area contributed by atoms with Gasteiger partial charge in [0.15, 0.2) is 11.6 Å². The van der Waals surface area contributed by atoms with Crippen LogP contribution in [0.25, 0.3) is 0 Å². The summed E-state index contributed by atoms with van der Waals surface area (Å²) >= 11 is 0. The fourth-order valence-electron chi connectivity index (χ4n) is 3.31. The van der Waals surface area contributed by atoms with Crippen molar-refractivity contribution in [2.24, 2.45) is 0 Å². The van der Waals surface area contributed by atoms with E-state index in [4.69, 9.17) is 4.74 Å². The van der Waals surface area contributed by atoms with E-state index in [2.05, 4.69) is 15.0 Å². The highest BCUT2D eigenvalue weighted by Gasteiger charge is 2.23. The zero-order valence-electron chi connectivity index (χ0n) is 14.8. The lowest BCUT2D eigenvalue weighted by molar-refractivity contribution is 0.00715. The molecule has 1 atom stereocenters. The Balaban J connectivity index is 1.48. The van der Waals surface area contributed by atoms with E-state index in [0.29, 0.717) is 32.8 Å². The third-order valence-corrected chi connectivity index (χ3v) is 4.65. The van der Waals surface area contributed by atoms with Crippen molar-refractivity contribution in [3.63, 3.8) is 0 Å². The van der Waals surface area contributed by atoms with E-state index in [1.165, 1.54) is 12.1 Å². The number of benzene rings is 1. The van der Waals surface area contributed by atoms with Crippen LogP contribution in [0.2, 0.25) is 0 Å². The first-order chi connectivity index (χ1) is 13.2. The Labute approximate surface area is 156 Å². The molecule has 0 fully saturated rings. The molecule has 140 valence electrons. The third-order valence-electron chi connectivity index (χ3n) is 4.65. The molecule has 0 saturated heterocycles. The number of nitrogens with zero attached hydrogens (tertiary/aromatic N) is 4. The van der Waals surface area contributed by atoms with Crippen molar-refractivity contribution >= 4 is 0 Å². The zero-order valence-corrected chi connectivity index (χ0v) is 14.8. The second-order valence-electron chi connectivity index (χ2n) is 6.71. The Morgan fingerprint density at radius 2 is 1.81 bits per heavy atom. The van der Waals surface area contributed by atoms with Gasteiger partial charge in [0.2, 0.25) is 0 Å². The van der Waals surface area contributed by atoms with Crippen molar-refractivity contribution < 1.29 is 13.5 Å². The van der Waals surface area contributed by atoms with E-state index in [1.807, 2.05) is 22.9 Å². The fraction of sp³-hybridized carbons (Fsp3) is 0.300. The maximum absolute atomic E-state index is 13.6. The highest BCUT2D eigenvalue weighted by Crippen LogP contribution is 2.18. The molecule has 0 radical (unpaired) electrons. The second-order valence-corrected chi connectivity index (χ2v) is 6.71. The maximum Gasteiger partial charge on any atom is 0.159 e. The molecule has 3 heterocycles. The largest absolute Gasteiger partial charge is 0.370 e. The Bertz CT molecular complexity index is 900. The summed E-state index contributed by atoms with van der Waals surface area (Å²) in [6, 6.07) is 9.87. The van der Waals surface area contributed by atoms with Crippen molar-refractivity contribution in [1.29, 1.82) is 0 Å². The molecule has 0 bridgehead atoms. The zero-order chi connectivity index (χ0) is 18.6. The fourth-order valence-corrected chi connectivity index (χ4v) is 3.31. The van der Waals surface area contributed by atoms with E-state index in [-0.39, 0.29) is 6.10 Å². The van der Waals surface area contributed by atoms with Gasteiger partial charge in [-0.2, -0.15) is 5.10 Å². The molecule has 1 aromatic carbocycles. The quantitative estimate of drug-likeness (QED) is 0.692. The van der Waals surface area contributed by atoms with Crippen LogP contribution in [0.3, 0.4) is 0 Å². The summed E-state index contributed by atoms with van der Waals surface area (Å²) in [5.74, 6) is -1.65. The van der Waals surface area contributed by atoms with Gasteiger partial charge in [-0.1, -0.05) is 6.07 Å². The van der Waals surface area contributed by atoms with Crippen LogP contribution in [0, 0.1) is 11.6 Å². The number of fused-ring (bicyclic) bond motifs is 1. The third kappa shape index (κ3) is 4.37. The van der Waals surface area contributed by atoms with Crippen LogP contribution < -0.4 is 0 Å². The minimum absolute atomic E-state index is 0.0652. The van der Waals surface area contributed by atoms with Crippen LogP contribution >= 0.6 is 0 Å². The Hall–Kier alpha value is -2.64. The lowest BCUT2D eigenvalue weighted by Crippen LogP contribution is -2.32. The molecule has 2 aromatic heterocycles. The van der Waals surface area contributed by atoms with Gasteiger partial charge in [0, 0.05) is 38.2 Å². The van der Waals surface area contributed by atoms with Crippen LogP contribution in [0.1, 0.15) is 16.8 Å². The summed E-state index contributed by atoms with van der Waals surface area (Å²) in [7, 11) is 0. The molecule has 0 N–H and O–H groups in total. The average Bonchev–Trinajstić information content (AvgIpc) is 3.03. The summed E-state index contributed by atoms with van der Waals surface area (Å²) in [6.45, 7) is 3.00. The Morgan fingerprint density at radius 1 is 0.963 bits per heavy atom. The highest BCUT2D eigenvalue weighted by atomic mass is 19.2. The first kappa shape index (κ1) is 17.8. The van der Waals surface area contributed by atoms with Gasteiger partial charge in [-0.25, -0.2) is 8.78 Å². The molecule has 0 aliphatic carbocycles. The molecule has 1 aliphatic heterocycles. The molecule has 27 heavy (non-hydrogen) atoms. The van der Waals surface area contributed by atoms with Gasteiger partial charge in [0.1, 0.15) is 0 Å². The molecule has 7 heteroatoms. The van der Waals surface area contributed by atoms with Gasteiger partial charge >= 0.3 is 0 Å². The maximum atomic E-state index is 13.6. The molecule has 0 saturated carbocycles. The number of ether oxygens (including phenoxy) is 1. The molecular weight excluding hydrogens is 350 g/mol. The smallest absolute Gasteiger partial charge is 0.159 e. The summed E-state index contributed by atoms with van der Waals surface area (Å²) in [5.41, 5.74) is 2.87. The van der Waals surface area contributed by atoms with Gasteiger partial charge < -0.3 is 4.74 Å². The summed E-state index contributed by atoms with van der Waals surface area (Å²) in [5, 5.41) is 4.38. The van der Waals surface area contributed by atoms with Crippen molar-refractivity contribution in [2.75, 3.05) is 6.54 Å². The minimum atomic E-state index is -0.828. The van der Waals surface area contributed by atoms with Crippen LogP contribution in [-0.4, -0.2) is 32.3 Å². The van der Waals surface area contributed by atoms with Crippen LogP contribution in [0.5, 0.6) is 0 Å². The number of halogens is 2. The number of aromatic nitrogens is 3. The van der Waals surface area contributed by atoms with Crippen LogP contribution in [0.4, 0.5) is 8.78 Å². The van der Waals surface area contributed by atoms with Gasteiger partial charge in [-0.3, -0.25) is 14.6 Å². The second kappa shape index (κ2) is 7.94. The van der Waals surface area contributed by atoms with Crippen molar-refractivity contribution in [3.8, 4) is 0 Å². The molecule has 3 aromatic rings. The van der Waals surface area contributed by atoms with Crippen LogP contribution in [-0.2, 0) is 31.0 Å². The lowest BCUT2D eigenvalue weighted by Gasteiger charge is -2.24. The summed E-state index contributed by atoms with van der Waals surface area (Å²) in [6.07, 6.45) is 5.19. The summed E-state index contributed by atoms with van der Waals surface area (Å²) in [4.78, 5) is 6.19. The number of pyridine rings is 1. The SMILES string of the molecule is Fc1ccc(CN2Cc3ccnn3CC(OCc3ccncc3)C2)cc1F. The predicted molar refractivity (Wildman–Crippen MR) is 95.5 cm³/mol. The van der Waals surface area contributed by atoms with E-state index in [1.54, 1.807) is 24.7 Å². The Morgan fingerprint density at radius 3 is 2.63 bits per heavy atom. The average molecular weight is 370 g/mol. The van der Waals surface area contributed by atoms with Crippen molar-refractivity contribution in [1.82, 2.24) is 19.7 Å². The Kier molecular flexibility index (Phi) is 5.22. The molecule has 4 rings (SSSR count). The molecule has 0 amide bonds. The minimum Gasteiger partial charge on any atom is -0.370 e. The van der Waals surface area contributed by atoms with Gasteiger partial charge in [-0.05, 0) is 41.5 Å². The van der Waals surface area contributed by atoms with E-state index in [9.17, 15) is 8.78 Å². The molecule has 0 spiro atoms. The van der Waals surface area contributed by atoms with Crippen molar-refractivity contribution in [2.45, 2.75) is 32.3 Å². The molecule has 1 unspecified atom stereocenters. The van der Waals surface area contributed by atoms with E-state index < -0.39 is 11.6 Å². The van der Waals surface area contributed by atoms with Crippen molar-refractivity contribution in [3.05, 3.63) is 83.4 Å². The lowest BCUT2D eigenvalue weighted by atomic mass is 10.2. The van der Waals surface area contributed by atoms with Crippen LogP contribution in [0.15, 0.2) is 55.0 Å². The number of rotatable bonds is 5. The van der Waals surface area contributed by atoms with E-state index >= 15 is 0 Å². The monoisotopic (exact) mass is 370 g/mol. The standard InChI is InChI=1S/C20H20F2N4O/c21-19-2-1-16(9-20(19)22)10-25-11-17-5-8-24-26(17)13-18(12-25)27-14-15-3-6-23-7-4-15/h1-9,18H,10-14H2. The van der Waals surface area contributed by atoms with Gasteiger partial charge in [0.25, 0.3) is 0 Å². The number of hydrogen-bond acceptors (Lipinski definition) is 4. The van der Waals surface area contributed by atoms with Gasteiger partial charge in [0.05, 0.1) is 24.9 Å². The first-order valence-corrected chi connectivity index (χ1v) is 8.85. The van der Waals surface area contributed by atoms with Gasteiger partial charge in [-0.15, -0.1) is 0 Å². The summed E-state index contributed by atoms with van der Waals surface area (Å²) < 4.78 is 34.8. The first-order valence-electron chi connectivity index (χ1n) is 8.85. The normalized spacial score (nSPS) is 17.5. The molecular formula is C20H20F2N4O. The topological polar surface area (TPSA) is 43.2 Å². The predicted octanol–water partition coefficient (Wildman–Crippen LogP) is 3.16. The van der Waals surface area contributed by atoms with E-state index in [0.717, 1.165) is 16.8 Å². The molecule has 1 aliphatic rings. The number of hydrogen-bond donors (Lipinski definition) is 0. The molecule has 5 nitrogen and oxygen atoms in total.